The summed E-state index contributed by atoms with van der Waals surface area (Å²) in [4.78, 5) is 24.2. The second kappa shape index (κ2) is 9.46. The largest absolute Gasteiger partial charge is 0.493 e. The zero-order chi connectivity index (χ0) is 19.1. The maximum atomic E-state index is 12.1. The Morgan fingerprint density at radius 2 is 1.96 bits per heavy atom. The van der Waals surface area contributed by atoms with Gasteiger partial charge in [0.25, 0.3) is 5.91 Å². The predicted molar refractivity (Wildman–Crippen MR) is 110 cm³/mol. The molecule has 0 spiro atoms. The molecule has 0 aromatic heterocycles. The molecule has 1 aliphatic rings. The van der Waals surface area contributed by atoms with Gasteiger partial charge in [0, 0.05) is 23.0 Å². The molecular formula is C21H24N2O3S. The summed E-state index contributed by atoms with van der Waals surface area (Å²) in [6, 6.07) is 15.2. The molecule has 0 saturated heterocycles. The Balaban J connectivity index is 1.37. The first-order chi connectivity index (χ1) is 13.1. The van der Waals surface area contributed by atoms with Crippen molar-refractivity contribution in [2.24, 2.45) is 0 Å². The molecule has 5 nitrogen and oxygen atoms in total. The predicted octanol–water partition coefficient (Wildman–Crippen LogP) is 3.64. The van der Waals surface area contributed by atoms with Crippen LogP contribution in [0.2, 0.25) is 0 Å². The fourth-order valence-electron chi connectivity index (χ4n) is 2.52. The van der Waals surface area contributed by atoms with Gasteiger partial charge in [-0.2, -0.15) is 0 Å². The lowest BCUT2D eigenvalue weighted by molar-refractivity contribution is -0.113. The van der Waals surface area contributed by atoms with Crippen molar-refractivity contribution >= 4 is 29.3 Å². The number of carbonyl (C=O) groups is 2. The molecule has 0 bridgehead atoms. The lowest BCUT2D eigenvalue weighted by Gasteiger charge is -2.09. The molecule has 1 aliphatic carbocycles. The number of nitrogens with one attached hydrogen (secondary N) is 2. The molecule has 2 N–H and O–H groups in total. The molecule has 27 heavy (non-hydrogen) atoms. The van der Waals surface area contributed by atoms with Crippen LogP contribution in [0, 0.1) is 6.92 Å². The van der Waals surface area contributed by atoms with Crippen molar-refractivity contribution in [2.45, 2.75) is 25.8 Å². The SMILES string of the molecule is Cc1cccc(OCCSCC(=O)Nc2cccc(C(=O)NC3CC3)c2)c1. The highest BCUT2D eigenvalue weighted by atomic mass is 32.2. The zero-order valence-corrected chi connectivity index (χ0v) is 16.2. The number of aryl methyl sites for hydroxylation is 1. The Labute approximate surface area is 163 Å². The summed E-state index contributed by atoms with van der Waals surface area (Å²) >= 11 is 1.51. The van der Waals surface area contributed by atoms with E-state index in [0.29, 0.717) is 29.7 Å². The number of benzene rings is 2. The van der Waals surface area contributed by atoms with Crippen molar-refractivity contribution < 1.29 is 14.3 Å². The molecule has 0 aliphatic heterocycles. The zero-order valence-electron chi connectivity index (χ0n) is 15.4. The molecule has 3 rings (SSSR count). The summed E-state index contributed by atoms with van der Waals surface area (Å²) < 4.78 is 5.67. The summed E-state index contributed by atoms with van der Waals surface area (Å²) in [7, 11) is 0. The van der Waals surface area contributed by atoms with Crippen molar-refractivity contribution in [1.82, 2.24) is 5.32 Å². The summed E-state index contributed by atoms with van der Waals surface area (Å²) in [6.45, 7) is 2.58. The van der Waals surface area contributed by atoms with Gasteiger partial charge >= 0.3 is 0 Å². The smallest absolute Gasteiger partial charge is 0.251 e. The molecule has 0 atom stereocenters. The average molecular weight is 385 g/mol. The second-order valence-corrected chi connectivity index (χ2v) is 7.70. The average Bonchev–Trinajstić information content (AvgIpc) is 3.46. The van der Waals surface area contributed by atoms with E-state index in [0.717, 1.165) is 29.9 Å². The maximum Gasteiger partial charge on any atom is 0.251 e. The lowest BCUT2D eigenvalue weighted by Crippen LogP contribution is -2.25. The number of thioether (sulfide) groups is 1. The third-order valence-electron chi connectivity index (χ3n) is 4.04. The van der Waals surface area contributed by atoms with Gasteiger partial charge in [0.1, 0.15) is 5.75 Å². The number of rotatable bonds is 9. The van der Waals surface area contributed by atoms with Crippen molar-refractivity contribution in [3.05, 3.63) is 59.7 Å². The summed E-state index contributed by atoms with van der Waals surface area (Å²) in [5.74, 6) is 1.74. The Kier molecular flexibility index (Phi) is 6.76. The number of amides is 2. The molecule has 0 radical (unpaired) electrons. The monoisotopic (exact) mass is 384 g/mol. The fourth-order valence-corrected chi connectivity index (χ4v) is 3.12. The molecule has 1 saturated carbocycles. The van der Waals surface area contributed by atoms with E-state index in [-0.39, 0.29) is 11.8 Å². The third kappa shape index (κ3) is 6.64. The standard InChI is InChI=1S/C21H24N2O3S/c1-15-4-2-7-19(12-15)26-10-11-27-14-20(24)22-18-6-3-5-16(13-18)21(25)23-17-8-9-17/h2-7,12-13,17H,8-11,14H2,1H3,(H,22,24)(H,23,25). The van der Waals surface area contributed by atoms with Gasteiger partial charge in [0.05, 0.1) is 12.4 Å². The molecule has 2 amide bonds. The van der Waals surface area contributed by atoms with Gasteiger partial charge in [-0.1, -0.05) is 18.2 Å². The second-order valence-electron chi connectivity index (χ2n) is 6.59. The Morgan fingerprint density at radius 3 is 2.74 bits per heavy atom. The van der Waals surface area contributed by atoms with Gasteiger partial charge in [-0.05, 0) is 55.7 Å². The van der Waals surface area contributed by atoms with Crippen molar-refractivity contribution in [2.75, 3.05) is 23.4 Å². The van der Waals surface area contributed by atoms with Crippen LogP contribution in [-0.2, 0) is 4.79 Å². The number of anilines is 1. The Hall–Kier alpha value is -2.47. The van der Waals surface area contributed by atoms with Crippen LogP contribution in [0.3, 0.4) is 0 Å². The fraction of sp³-hybridized carbons (Fsp3) is 0.333. The van der Waals surface area contributed by atoms with E-state index >= 15 is 0 Å². The van der Waals surface area contributed by atoms with Crippen LogP contribution in [0.1, 0.15) is 28.8 Å². The van der Waals surface area contributed by atoms with Crippen LogP contribution >= 0.6 is 11.8 Å². The maximum absolute atomic E-state index is 12.1. The first-order valence-electron chi connectivity index (χ1n) is 9.08. The molecule has 6 heteroatoms. The minimum absolute atomic E-state index is 0.0868. The van der Waals surface area contributed by atoms with Crippen LogP contribution in [0.5, 0.6) is 5.75 Å². The van der Waals surface area contributed by atoms with Gasteiger partial charge in [-0.25, -0.2) is 0 Å². The van der Waals surface area contributed by atoms with Gasteiger partial charge < -0.3 is 15.4 Å². The van der Waals surface area contributed by atoms with Crippen molar-refractivity contribution in [3.8, 4) is 5.75 Å². The first-order valence-corrected chi connectivity index (χ1v) is 10.2. The number of hydrogen-bond acceptors (Lipinski definition) is 4. The van der Waals surface area contributed by atoms with Crippen LogP contribution in [0.15, 0.2) is 48.5 Å². The minimum Gasteiger partial charge on any atom is -0.493 e. The first kappa shape index (κ1) is 19.3. The van der Waals surface area contributed by atoms with E-state index in [9.17, 15) is 9.59 Å². The molecule has 142 valence electrons. The minimum atomic E-state index is -0.0877. The van der Waals surface area contributed by atoms with E-state index in [1.54, 1.807) is 24.3 Å². The highest BCUT2D eigenvalue weighted by Gasteiger charge is 2.23. The number of carbonyl (C=O) groups excluding carboxylic acids is 2. The molecule has 1 fully saturated rings. The lowest BCUT2D eigenvalue weighted by atomic mass is 10.2. The summed E-state index contributed by atoms with van der Waals surface area (Å²) in [6.07, 6.45) is 2.10. The van der Waals surface area contributed by atoms with Crippen molar-refractivity contribution in [1.29, 1.82) is 0 Å². The summed E-state index contributed by atoms with van der Waals surface area (Å²) in [5.41, 5.74) is 2.37. The van der Waals surface area contributed by atoms with Gasteiger partial charge in [-0.15, -0.1) is 11.8 Å². The van der Waals surface area contributed by atoms with Crippen LogP contribution in [0.25, 0.3) is 0 Å². The van der Waals surface area contributed by atoms with E-state index in [1.165, 1.54) is 11.8 Å². The molecular weight excluding hydrogens is 360 g/mol. The number of ether oxygens (including phenoxy) is 1. The highest BCUT2D eigenvalue weighted by molar-refractivity contribution is 7.99. The van der Waals surface area contributed by atoms with Crippen LogP contribution in [0.4, 0.5) is 5.69 Å². The van der Waals surface area contributed by atoms with Gasteiger partial charge in [-0.3, -0.25) is 9.59 Å². The topological polar surface area (TPSA) is 67.4 Å². The molecule has 0 unspecified atom stereocenters. The highest BCUT2D eigenvalue weighted by Crippen LogP contribution is 2.20. The third-order valence-corrected chi connectivity index (χ3v) is 4.96. The van der Waals surface area contributed by atoms with E-state index < -0.39 is 0 Å². The van der Waals surface area contributed by atoms with Crippen LogP contribution in [-0.4, -0.2) is 36.0 Å². The number of hydrogen-bond donors (Lipinski definition) is 2. The molecule has 2 aromatic carbocycles. The van der Waals surface area contributed by atoms with Gasteiger partial charge in [0.15, 0.2) is 0 Å². The van der Waals surface area contributed by atoms with E-state index in [1.807, 2.05) is 31.2 Å². The molecule has 0 heterocycles. The van der Waals surface area contributed by atoms with Crippen molar-refractivity contribution in [3.63, 3.8) is 0 Å². The Bertz CT molecular complexity index is 806. The van der Waals surface area contributed by atoms with E-state index in [2.05, 4.69) is 10.6 Å². The Morgan fingerprint density at radius 1 is 1.15 bits per heavy atom. The normalized spacial score (nSPS) is 13.1. The molecule has 2 aromatic rings. The summed E-state index contributed by atoms with van der Waals surface area (Å²) in [5, 5.41) is 5.79. The quantitative estimate of drug-likeness (QED) is 0.648. The van der Waals surface area contributed by atoms with E-state index in [4.69, 9.17) is 4.74 Å². The van der Waals surface area contributed by atoms with Gasteiger partial charge in [0.2, 0.25) is 5.91 Å². The van der Waals surface area contributed by atoms with Crippen LogP contribution < -0.4 is 15.4 Å².